The van der Waals surface area contributed by atoms with Gasteiger partial charge in [0.05, 0.1) is 31.7 Å². The molecular weight excluding hydrogens is 346 g/mol. The first kappa shape index (κ1) is 18.6. The summed E-state index contributed by atoms with van der Waals surface area (Å²) in [4.78, 5) is 20.9. The Morgan fingerprint density at radius 1 is 1.00 bits per heavy atom. The number of piperazine rings is 1. The molecule has 4 rings (SSSR count). The van der Waals surface area contributed by atoms with Crippen molar-refractivity contribution in [3.8, 4) is 0 Å². The molecule has 1 saturated heterocycles. The molecule has 2 heterocycles. The molecule has 1 aliphatic heterocycles. The van der Waals surface area contributed by atoms with Gasteiger partial charge in [-0.3, -0.25) is 4.79 Å². The Balaban J connectivity index is 1.35. The molecule has 0 radical (unpaired) electrons. The normalized spacial score (nSPS) is 15.3. The predicted octanol–water partition coefficient (Wildman–Crippen LogP) is 2.90. The van der Waals surface area contributed by atoms with Crippen LogP contribution in [0.15, 0.2) is 60.7 Å². The molecule has 4 heteroatoms. The second-order valence-electron chi connectivity index (χ2n) is 8.00. The van der Waals surface area contributed by atoms with E-state index in [0.29, 0.717) is 11.6 Å². The maximum absolute atomic E-state index is 12.9. The molecule has 1 amide bonds. The number of nitrogens with zero attached hydrogens (tertiary/aromatic N) is 2. The summed E-state index contributed by atoms with van der Waals surface area (Å²) in [6, 6.07) is 20.7. The average Bonchev–Trinajstić information content (AvgIpc) is 2.74. The van der Waals surface area contributed by atoms with Gasteiger partial charge in [-0.1, -0.05) is 62.4 Å². The molecule has 0 spiro atoms. The number of amides is 1. The number of nitrogens with one attached hydrogen (secondary N) is 1. The maximum Gasteiger partial charge on any atom is 0.272 e. The Morgan fingerprint density at radius 2 is 1.71 bits per heavy atom. The lowest BCUT2D eigenvalue weighted by atomic mass is 10.0. The minimum absolute atomic E-state index is 0.0473. The van der Waals surface area contributed by atoms with Crippen LogP contribution in [0.4, 0.5) is 0 Å². The van der Waals surface area contributed by atoms with Crippen molar-refractivity contribution in [3.05, 3.63) is 77.5 Å². The molecule has 0 aliphatic carbocycles. The standard InChI is InChI=1S/C24H27N3O/c1-18(2)20-9-7-19(8-10-20)17-26-13-15-27(16-14-26)24(28)23-12-11-21-5-3-4-6-22(21)25-23/h3-12,18H,13-17H2,1-2H3/p+1. The number of benzene rings is 2. The zero-order chi connectivity index (χ0) is 19.5. The number of carbonyl (C=O) groups excluding carboxylic acids is 1. The van der Waals surface area contributed by atoms with E-state index < -0.39 is 0 Å². The summed E-state index contributed by atoms with van der Waals surface area (Å²) in [5.41, 5.74) is 4.18. The number of hydrogen-bond acceptors (Lipinski definition) is 2. The Hall–Kier alpha value is -2.72. The van der Waals surface area contributed by atoms with Crippen molar-refractivity contribution < 1.29 is 9.69 Å². The molecule has 144 valence electrons. The number of carbonyl (C=O) groups is 1. The van der Waals surface area contributed by atoms with E-state index >= 15 is 0 Å². The molecule has 1 aromatic heterocycles. The number of para-hydroxylation sites is 1. The summed E-state index contributed by atoms with van der Waals surface area (Å²) in [7, 11) is 0. The van der Waals surface area contributed by atoms with Crippen LogP contribution in [0.3, 0.4) is 0 Å². The molecule has 0 saturated carbocycles. The van der Waals surface area contributed by atoms with Crippen LogP contribution < -0.4 is 4.90 Å². The van der Waals surface area contributed by atoms with E-state index in [1.807, 2.05) is 41.3 Å². The number of quaternary nitrogens is 1. The fourth-order valence-corrected chi connectivity index (χ4v) is 3.86. The Morgan fingerprint density at radius 3 is 2.43 bits per heavy atom. The highest BCUT2D eigenvalue weighted by Crippen LogP contribution is 2.15. The second kappa shape index (κ2) is 8.11. The SMILES string of the molecule is CC(C)c1ccc(C[NH+]2CCN(C(=O)c3ccc4ccccc4n3)CC2)cc1. The van der Waals surface area contributed by atoms with Crippen LogP contribution in [-0.4, -0.2) is 42.0 Å². The molecule has 1 aliphatic rings. The molecule has 28 heavy (non-hydrogen) atoms. The van der Waals surface area contributed by atoms with Crippen LogP contribution in [-0.2, 0) is 6.54 Å². The molecule has 0 atom stereocenters. The summed E-state index contributed by atoms with van der Waals surface area (Å²) in [5, 5.41) is 1.07. The minimum atomic E-state index is 0.0473. The van der Waals surface area contributed by atoms with Gasteiger partial charge >= 0.3 is 0 Å². The van der Waals surface area contributed by atoms with Crippen molar-refractivity contribution in [3.63, 3.8) is 0 Å². The third-order valence-electron chi connectivity index (χ3n) is 5.68. The Bertz CT molecular complexity index is 957. The summed E-state index contributed by atoms with van der Waals surface area (Å²) < 4.78 is 0. The van der Waals surface area contributed by atoms with Crippen molar-refractivity contribution in [1.29, 1.82) is 0 Å². The van der Waals surface area contributed by atoms with Gasteiger partial charge in [0.1, 0.15) is 12.2 Å². The Labute approximate surface area is 166 Å². The molecule has 1 fully saturated rings. The van der Waals surface area contributed by atoms with Crippen molar-refractivity contribution in [2.45, 2.75) is 26.3 Å². The first-order chi connectivity index (χ1) is 13.6. The molecule has 4 nitrogen and oxygen atoms in total. The Kier molecular flexibility index (Phi) is 5.40. The molecule has 2 aromatic carbocycles. The summed E-state index contributed by atoms with van der Waals surface area (Å²) >= 11 is 0. The smallest absolute Gasteiger partial charge is 0.272 e. The minimum Gasteiger partial charge on any atom is -0.328 e. The fraction of sp³-hybridized carbons (Fsp3) is 0.333. The van der Waals surface area contributed by atoms with Crippen LogP contribution in [0.5, 0.6) is 0 Å². The zero-order valence-electron chi connectivity index (χ0n) is 16.7. The van der Waals surface area contributed by atoms with Gasteiger partial charge < -0.3 is 9.80 Å². The van der Waals surface area contributed by atoms with E-state index in [4.69, 9.17) is 0 Å². The highest BCUT2D eigenvalue weighted by molar-refractivity contribution is 5.94. The highest BCUT2D eigenvalue weighted by atomic mass is 16.2. The van der Waals surface area contributed by atoms with Gasteiger partial charge in [-0.05, 0) is 23.6 Å². The summed E-state index contributed by atoms with van der Waals surface area (Å²) in [6.07, 6.45) is 0. The van der Waals surface area contributed by atoms with Crippen LogP contribution >= 0.6 is 0 Å². The van der Waals surface area contributed by atoms with Crippen molar-refractivity contribution in [1.82, 2.24) is 9.88 Å². The largest absolute Gasteiger partial charge is 0.328 e. The quantitative estimate of drug-likeness (QED) is 0.763. The molecule has 0 bridgehead atoms. The molecule has 0 unspecified atom stereocenters. The van der Waals surface area contributed by atoms with Gasteiger partial charge in [-0.25, -0.2) is 4.98 Å². The summed E-state index contributed by atoms with van der Waals surface area (Å²) in [5.74, 6) is 0.616. The molecule has 1 N–H and O–H groups in total. The maximum atomic E-state index is 12.9. The van der Waals surface area contributed by atoms with E-state index in [0.717, 1.165) is 43.6 Å². The number of hydrogen-bond donors (Lipinski definition) is 1. The van der Waals surface area contributed by atoms with Crippen LogP contribution in [0.2, 0.25) is 0 Å². The lowest BCUT2D eigenvalue weighted by Gasteiger charge is -2.32. The van der Waals surface area contributed by atoms with Crippen LogP contribution in [0, 0.1) is 0 Å². The van der Waals surface area contributed by atoms with Crippen LogP contribution in [0.1, 0.15) is 41.4 Å². The first-order valence-electron chi connectivity index (χ1n) is 10.2. The number of rotatable bonds is 4. The van der Waals surface area contributed by atoms with E-state index in [2.05, 4.69) is 43.1 Å². The zero-order valence-corrected chi connectivity index (χ0v) is 16.7. The average molecular weight is 375 g/mol. The van der Waals surface area contributed by atoms with Crippen LogP contribution in [0.25, 0.3) is 10.9 Å². The van der Waals surface area contributed by atoms with Gasteiger partial charge in [0.15, 0.2) is 0 Å². The topological polar surface area (TPSA) is 37.6 Å². The van der Waals surface area contributed by atoms with Gasteiger partial charge in [0.2, 0.25) is 0 Å². The first-order valence-corrected chi connectivity index (χ1v) is 10.2. The third-order valence-corrected chi connectivity index (χ3v) is 5.68. The van der Waals surface area contributed by atoms with Crippen molar-refractivity contribution >= 4 is 16.8 Å². The van der Waals surface area contributed by atoms with E-state index in [1.165, 1.54) is 16.0 Å². The monoisotopic (exact) mass is 374 g/mol. The van der Waals surface area contributed by atoms with Crippen molar-refractivity contribution in [2.75, 3.05) is 26.2 Å². The van der Waals surface area contributed by atoms with Gasteiger partial charge in [-0.15, -0.1) is 0 Å². The number of pyridine rings is 1. The van der Waals surface area contributed by atoms with Crippen molar-refractivity contribution in [2.24, 2.45) is 0 Å². The number of aromatic nitrogens is 1. The van der Waals surface area contributed by atoms with E-state index in [-0.39, 0.29) is 5.91 Å². The predicted molar refractivity (Wildman–Crippen MR) is 113 cm³/mol. The van der Waals surface area contributed by atoms with Gasteiger partial charge in [-0.2, -0.15) is 0 Å². The number of fused-ring (bicyclic) bond motifs is 1. The third kappa shape index (κ3) is 4.07. The van der Waals surface area contributed by atoms with Gasteiger partial charge in [0, 0.05) is 10.9 Å². The second-order valence-corrected chi connectivity index (χ2v) is 8.00. The lowest BCUT2D eigenvalue weighted by molar-refractivity contribution is -0.917. The van der Waals surface area contributed by atoms with E-state index in [9.17, 15) is 4.79 Å². The fourth-order valence-electron chi connectivity index (χ4n) is 3.86. The molecular formula is C24H28N3O+. The lowest BCUT2D eigenvalue weighted by Crippen LogP contribution is -3.13. The van der Waals surface area contributed by atoms with Gasteiger partial charge in [0.25, 0.3) is 5.91 Å². The summed E-state index contributed by atoms with van der Waals surface area (Å²) in [6.45, 7) is 8.99. The van der Waals surface area contributed by atoms with E-state index in [1.54, 1.807) is 0 Å². The highest BCUT2D eigenvalue weighted by Gasteiger charge is 2.25. The molecule has 3 aromatic rings.